The van der Waals surface area contributed by atoms with Crippen molar-refractivity contribution in [3.8, 4) is 0 Å². The lowest BCUT2D eigenvalue weighted by Crippen LogP contribution is -2.41. The molecule has 0 aromatic heterocycles. The number of nitrogens with zero attached hydrogens (tertiary/aromatic N) is 2. The lowest BCUT2D eigenvalue weighted by molar-refractivity contribution is 0.149. The third-order valence-corrected chi connectivity index (χ3v) is 1.53. The molecule has 0 saturated carbocycles. The maximum absolute atomic E-state index is 10.4. The summed E-state index contributed by atoms with van der Waals surface area (Å²) in [5.41, 5.74) is 5.32. The summed E-state index contributed by atoms with van der Waals surface area (Å²) in [5.74, 6) is 0. The standard InChI is InChI=1S/C5H6BrN3O2.BrH/c6-3-1-8-4(7)9(2-3)5(10)11;/h1-2,4H,7H2,(H,10,11);1H. The van der Waals surface area contributed by atoms with Gasteiger partial charge in [0.25, 0.3) is 0 Å². The Bertz CT molecular complexity index is 241. The molecule has 1 heterocycles. The van der Waals surface area contributed by atoms with Crippen LogP contribution in [0.4, 0.5) is 4.79 Å². The first-order valence-electron chi connectivity index (χ1n) is 2.78. The van der Waals surface area contributed by atoms with Gasteiger partial charge < -0.3 is 5.11 Å². The van der Waals surface area contributed by atoms with Crippen molar-refractivity contribution in [1.29, 1.82) is 0 Å². The van der Waals surface area contributed by atoms with Gasteiger partial charge in [-0.1, -0.05) is 0 Å². The molecular weight excluding hydrogens is 294 g/mol. The lowest BCUT2D eigenvalue weighted by Gasteiger charge is -2.21. The summed E-state index contributed by atoms with van der Waals surface area (Å²) in [6.07, 6.45) is 0.879. The zero-order chi connectivity index (χ0) is 8.43. The maximum Gasteiger partial charge on any atom is 0.414 e. The smallest absolute Gasteiger partial charge is 0.414 e. The number of aliphatic imine (C=N–C) groups is 1. The van der Waals surface area contributed by atoms with E-state index >= 15 is 0 Å². The average molecular weight is 301 g/mol. The van der Waals surface area contributed by atoms with Crippen molar-refractivity contribution in [1.82, 2.24) is 4.90 Å². The summed E-state index contributed by atoms with van der Waals surface area (Å²) in [6.45, 7) is 0. The molecule has 1 rings (SSSR count). The van der Waals surface area contributed by atoms with Crippen LogP contribution in [-0.2, 0) is 0 Å². The van der Waals surface area contributed by atoms with Crippen LogP contribution in [0.2, 0.25) is 0 Å². The molecule has 7 heteroatoms. The Kier molecular flexibility index (Phi) is 4.43. The van der Waals surface area contributed by atoms with Crippen LogP contribution in [0.1, 0.15) is 0 Å². The van der Waals surface area contributed by atoms with E-state index in [1.807, 2.05) is 0 Å². The van der Waals surface area contributed by atoms with E-state index in [1.54, 1.807) is 0 Å². The van der Waals surface area contributed by atoms with Crippen molar-refractivity contribution >= 4 is 45.2 Å². The van der Waals surface area contributed by atoms with Gasteiger partial charge in [-0.15, -0.1) is 17.0 Å². The summed E-state index contributed by atoms with van der Waals surface area (Å²) < 4.78 is 0.585. The highest BCUT2D eigenvalue weighted by molar-refractivity contribution is 9.12. The molecular formula is C5H7Br2N3O2. The van der Waals surface area contributed by atoms with E-state index < -0.39 is 12.4 Å². The van der Waals surface area contributed by atoms with E-state index in [-0.39, 0.29) is 17.0 Å². The van der Waals surface area contributed by atoms with Crippen LogP contribution in [0.5, 0.6) is 0 Å². The van der Waals surface area contributed by atoms with Gasteiger partial charge in [0.1, 0.15) is 0 Å². The molecule has 1 amide bonds. The van der Waals surface area contributed by atoms with Gasteiger partial charge in [-0.3, -0.25) is 10.7 Å². The minimum absolute atomic E-state index is 0. The molecule has 1 atom stereocenters. The van der Waals surface area contributed by atoms with Crippen LogP contribution in [0.25, 0.3) is 0 Å². The van der Waals surface area contributed by atoms with Crippen LogP contribution < -0.4 is 5.73 Å². The van der Waals surface area contributed by atoms with Gasteiger partial charge >= 0.3 is 6.09 Å². The van der Waals surface area contributed by atoms with Gasteiger partial charge in [0.2, 0.25) is 0 Å². The Hall–Kier alpha value is -0.400. The fraction of sp³-hybridized carbons (Fsp3) is 0.200. The van der Waals surface area contributed by atoms with Crippen molar-refractivity contribution < 1.29 is 9.90 Å². The predicted molar refractivity (Wildman–Crippen MR) is 53.7 cm³/mol. The van der Waals surface area contributed by atoms with Crippen molar-refractivity contribution in [2.45, 2.75) is 6.29 Å². The molecule has 0 aromatic carbocycles. The second kappa shape index (κ2) is 4.58. The van der Waals surface area contributed by atoms with Crippen molar-refractivity contribution in [3.63, 3.8) is 0 Å². The Morgan fingerprint density at radius 1 is 1.83 bits per heavy atom. The van der Waals surface area contributed by atoms with E-state index in [0.29, 0.717) is 4.48 Å². The van der Waals surface area contributed by atoms with Crippen LogP contribution in [0.3, 0.4) is 0 Å². The highest BCUT2D eigenvalue weighted by Gasteiger charge is 2.18. The quantitative estimate of drug-likeness (QED) is 0.703. The zero-order valence-electron chi connectivity index (χ0n) is 5.85. The van der Waals surface area contributed by atoms with E-state index in [0.717, 1.165) is 4.90 Å². The van der Waals surface area contributed by atoms with Gasteiger partial charge in [0.15, 0.2) is 6.29 Å². The van der Waals surface area contributed by atoms with E-state index in [4.69, 9.17) is 10.8 Å². The SMILES string of the molecule is Br.NC1N=CC(Br)=CN1C(=O)O. The van der Waals surface area contributed by atoms with Gasteiger partial charge in [-0.25, -0.2) is 9.69 Å². The first-order valence-corrected chi connectivity index (χ1v) is 3.58. The molecule has 0 spiro atoms. The minimum atomic E-state index is -1.12. The number of hydrogen-bond donors (Lipinski definition) is 2. The van der Waals surface area contributed by atoms with Gasteiger partial charge in [-0.2, -0.15) is 0 Å². The number of carbonyl (C=O) groups is 1. The molecule has 0 saturated heterocycles. The molecule has 0 fully saturated rings. The minimum Gasteiger partial charge on any atom is -0.465 e. The molecule has 68 valence electrons. The van der Waals surface area contributed by atoms with E-state index in [1.165, 1.54) is 12.4 Å². The zero-order valence-corrected chi connectivity index (χ0v) is 9.14. The second-order valence-corrected chi connectivity index (χ2v) is 2.81. The van der Waals surface area contributed by atoms with Gasteiger partial charge in [-0.05, 0) is 15.9 Å². The Balaban J connectivity index is 0.00000121. The number of halogens is 2. The number of rotatable bonds is 0. The van der Waals surface area contributed by atoms with Crippen molar-refractivity contribution in [2.24, 2.45) is 10.7 Å². The molecule has 1 aliphatic heterocycles. The van der Waals surface area contributed by atoms with Gasteiger partial charge in [0.05, 0.1) is 4.48 Å². The number of amides is 1. The highest BCUT2D eigenvalue weighted by Crippen LogP contribution is 2.11. The summed E-state index contributed by atoms with van der Waals surface area (Å²) >= 11 is 3.08. The summed E-state index contributed by atoms with van der Waals surface area (Å²) in [4.78, 5) is 15.0. The molecule has 0 bridgehead atoms. The normalized spacial score (nSPS) is 21.3. The van der Waals surface area contributed by atoms with Crippen LogP contribution >= 0.6 is 32.9 Å². The Morgan fingerprint density at radius 2 is 2.42 bits per heavy atom. The average Bonchev–Trinajstić information content (AvgIpc) is 1.94. The molecule has 5 nitrogen and oxygen atoms in total. The fourth-order valence-corrected chi connectivity index (χ4v) is 0.969. The number of hydrogen-bond acceptors (Lipinski definition) is 3. The third-order valence-electron chi connectivity index (χ3n) is 1.12. The number of carboxylic acid groups (broad SMARTS) is 1. The third kappa shape index (κ3) is 2.58. The second-order valence-electron chi connectivity index (χ2n) is 1.90. The number of allylic oxidation sites excluding steroid dienone is 1. The van der Waals surface area contributed by atoms with Gasteiger partial charge in [0, 0.05) is 12.4 Å². The lowest BCUT2D eigenvalue weighted by atomic mass is 10.5. The number of nitrogens with two attached hydrogens (primary N) is 1. The monoisotopic (exact) mass is 299 g/mol. The van der Waals surface area contributed by atoms with E-state index in [9.17, 15) is 4.79 Å². The largest absolute Gasteiger partial charge is 0.465 e. The van der Waals surface area contributed by atoms with Crippen LogP contribution in [-0.4, -0.2) is 28.6 Å². The van der Waals surface area contributed by atoms with Crippen LogP contribution in [0.15, 0.2) is 15.7 Å². The molecule has 1 unspecified atom stereocenters. The van der Waals surface area contributed by atoms with E-state index in [2.05, 4.69) is 20.9 Å². The van der Waals surface area contributed by atoms with Crippen molar-refractivity contribution in [2.75, 3.05) is 0 Å². The molecule has 3 N–H and O–H groups in total. The first kappa shape index (κ1) is 11.6. The summed E-state index contributed by atoms with van der Waals surface area (Å²) in [7, 11) is 0. The molecule has 12 heavy (non-hydrogen) atoms. The Morgan fingerprint density at radius 3 is 2.83 bits per heavy atom. The van der Waals surface area contributed by atoms with Crippen molar-refractivity contribution in [3.05, 3.63) is 10.7 Å². The summed E-state index contributed by atoms with van der Waals surface area (Å²) in [5, 5.41) is 8.53. The molecule has 1 aliphatic rings. The predicted octanol–water partition coefficient (Wildman–Crippen LogP) is 1.11. The maximum atomic E-state index is 10.4. The molecule has 0 aliphatic carbocycles. The fourth-order valence-electron chi connectivity index (χ4n) is 0.630. The summed E-state index contributed by atoms with van der Waals surface area (Å²) in [6, 6.07) is 0. The van der Waals surface area contributed by atoms with Crippen LogP contribution in [0, 0.1) is 0 Å². The molecule has 0 aromatic rings. The Labute approximate surface area is 87.8 Å². The first-order chi connectivity index (χ1) is 5.11. The molecule has 0 radical (unpaired) electrons. The topological polar surface area (TPSA) is 78.9 Å². The highest BCUT2D eigenvalue weighted by atomic mass is 79.9.